The van der Waals surface area contributed by atoms with Gasteiger partial charge in [0.05, 0.1) is 11.9 Å². The molecule has 6 heteroatoms. The van der Waals surface area contributed by atoms with Crippen LogP contribution in [-0.4, -0.2) is 47.5 Å². The van der Waals surface area contributed by atoms with E-state index in [-0.39, 0.29) is 5.91 Å². The van der Waals surface area contributed by atoms with E-state index in [9.17, 15) is 4.79 Å². The van der Waals surface area contributed by atoms with Crippen molar-refractivity contribution in [2.75, 3.05) is 31.6 Å². The van der Waals surface area contributed by atoms with E-state index < -0.39 is 0 Å². The summed E-state index contributed by atoms with van der Waals surface area (Å²) in [5.41, 5.74) is 0. The molecule has 0 bridgehead atoms. The molecule has 0 aromatic carbocycles. The molecule has 0 atom stereocenters. The third-order valence-corrected chi connectivity index (χ3v) is 3.82. The summed E-state index contributed by atoms with van der Waals surface area (Å²) < 4.78 is 0. The Balaban J connectivity index is 1.99. The molecule has 5 nitrogen and oxygen atoms in total. The topological polar surface area (TPSA) is 49.3 Å². The van der Waals surface area contributed by atoms with Crippen LogP contribution in [0.2, 0.25) is 0 Å². The van der Waals surface area contributed by atoms with Gasteiger partial charge in [-0.3, -0.25) is 4.79 Å². The number of rotatable bonds is 1. The minimum atomic E-state index is 0.137. The first kappa shape index (κ1) is 10.5. The number of amides is 1. The molecule has 2 aromatic rings. The minimum absolute atomic E-state index is 0.137. The number of fused-ring (bicyclic) bond motifs is 1. The first-order valence-corrected chi connectivity index (χ1v) is 6.31. The number of nitrogens with zero attached hydrogens (tertiary/aromatic N) is 4. The van der Waals surface area contributed by atoms with Gasteiger partial charge in [-0.1, -0.05) is 0 Å². The summed E-state index contributed by atoms with van der Waals surface area (Å²) in [6.07, 6.45) is 1.57. The van der Waals surface area contributed by atoms with E-state index in [2.05, 4.69) is 9.97 Å². The molecule has 1 amide bonds. The van der Waals surface area contributed by atoms with Crippen molar-refractivity contribution in [2.24, 2.45) is 0 Å². The quantitative estimate of drug-likeness (QED) is 0.754. The summed E-state index contributed by atoms with van der Waals surface area (Å²) in [6, 6.07) is 2.01. The number of piperazine rings is 1. The molecule has 3 rings (SSSR count). The maximum atomic E-state index is 11.7. The molecular weight excluding hydrogens is 236 g/mol. The van der Waals surface area contributed by atoms with Crippen LogP contribution in [0.15, 0.2) is 17.8 Å². The Kier molecular flexibility index (Phi) is 2.44. The number of thiophene rings is 1. The number of carbonyl (C=O) groups is 1. The molecule has 1 aliphatic rings. The Morgan fingerprint density at radius 2 is 2.24 bits per heavy atom. The van der Waals surface area contributed by atoms with Crippen LogP contribution in [0.4, 0.5) is 5.82 Å². The minimum Gasteiger partial charge on any atom is -0.345 e. The lowest BCUT2D eigenvalue weighted by Crippen LogP contribution is -2.48. The fraction of sp³-hybridized carbons (Fsp3) is 0.364. The van der Waals surface area contributed by atoms with E-state index in [1.54, 1.807) is 22.6 Å². The van der Waals surface area contributed by atoms with Crippen LogP contribution in [0.1, 0.15) is 0 Å². The third-order valence-electron chi connectivity index (χ3n) is 3.00. The Labute approximate surface area is 103 Å². The van der Waals surface area contributed by atoms with Gasteiger partial charge in [-0.15, -0.1) is 11.3 Å². The van der Waals surface area contributed by atoms with Crippen LogP contribution >= 0.6 is 11.3 Å². The third kappa shape index (κ3) is 1.74. The highest BCUT2D eigenvalue weighted by Crippen LogP contribution is 2.27. The summed E-state index contributed by atoms with van der Waals surface area (Å²) in [5, 5.41) is 3.04. The van der Waals surface area contributed by atoms with E-state index in [1.165, 1.54) is 0 Å². The molecule has 0 unspecified atom stereocenters. The molecule has 1 fully saturated rings. The predicted molar refractivity (Wildman–Crippen MR) is 67.3 cm³/mol. The second-order valence-electron chi connectivity index (χ2n) is 4.07. The van der Waals surface area contributed by atoms with E-state index >= 15 is 0 Å². The largest absolute Gasteiger partial charge is 0.345 e. The maximum Gasteiger partial charge on any atom is 0.241 e. The van der Waals surface area contributed by atoms with Gasteiger partial charge < -0.3 is 9.80 Å². The van der Waals surface area contributed by atoms with Gasteiger partial charge in [0, 0.05) is 20.1 Å². The Bertz CT molecular complexity index is 567. The van der Waals surface area contributed by atoms with Crippen LogP contribution in [-0.2, 0) is 4.79 Å². The Hall–Kier alpha value is -1.69. The van der Waals surface area contributed by atoms with E-state index in [0.29, 0.717) is 6.54 Å². The molecule has 17 heavy (non-hydrogen) atoms. The maximum absolute atomic E-state index is 11.7. The van der Waals surface area contributed by atoms with E-state index in [0.717, 1.165) is 29.1 Å². The van der Waals surface area contributed by atoms with Gasteiger partial charge in [0.15, 0.2) is 0 Å². The summed E-state index contributed by atoms with van der Waals surface area (Å²) in [5.74, 6) is 1.01. The highest BCUT2D eigenvalue weighted by molar-refractivity contribution is 7.16. The SMILES string of the molecule is CN1CCN(c2ncnc3sccc23)CC1=O. The molecule has 0 aliphatic carbocycles. The smallest absolute Gasteiger partial charge is 0.241 e. The van der Waals surface area contributed by atoms with E-state index in [1.807, 2.05) is 23.4 Å². The first-order chi connectivity index (χ1) is 8.25. The number of aromatic nitrogens is 2. The normalized spacial score (nSPS) is 16.9. The van der Waals surface area contributed by atoms with Crippen molar-refractivity contribution >= 4 is 33.3 Å². The molecule has 1 saturated heterocycles. The number of hydrogen-bond acceptors (Lipinski definition) is 5. The zero-order chi connectivity index (χ0) is 11.8. The van der Waals surface area contributed by atoms with Gasteiger partial charge in [-0.05, 0) is 11.4 Å². The fourth-order valence-corrected chi connectivity index (χ4v) is 2.70. The predicted octanol–water partition coefficient (Wildman–Crippen LogP) is 0.970. The lowest BCUT2D eigenvalue weighted by molar-refractivity contribution is -0.129. The van der Waals surface area contributed by atoms with Crippen molar-refractivity contribution in [3.05, 3.63) is 17.8 Å². The monoisotopic (exact) mass is 248 g/mol. The van der Waals surface area contributed by atoms with Gasteiger partial charge in [-0.25, -0.2) is 9.97 Å². The molecule has 0 saturated carbocycles. The van der Waals surface area contributed by atoms with Gasteiger partial charge in [0.25, 0.3) is 0 Å². The molecule has 88 valence electrons. The average molecular weight is 248 g/mol. The van der Waals surface area contributed by atoms with Crippen LogP contribution in [0.5, 0.6) is 0 Å². The number of likely N-dealkylation sites (N-methyl/N-ethyl adjacent to an activating group) is 1. The molecule has 0 spiro atoms. The molecule has 2 aromatic heterocycles. The average Bonchev–Trinajstić information content (AvgIpc) is 2.80. The van der Waals surface area contributed by atoms with Crippen molar-refractivity contribution in [2.45, 2.75) is 0 Å². The van der Waals surface area contributed by atoms with Crippen molar-refractivity contribution in [3.8, 4) is 0 Å². The molecular formula is C11H12N4OS. The van der Waals surface area contributed by atoms with Gasteiger partial charge in [0.1, 0.15) is 17.0 Å². The Morgan fingerprint density at radius 3 is 3.06 bits per heavy atom. The van der Waals surface area contributed by atoms with Gasteiger partial charge in [-0.2, -0.15) is 0 Å². The summed E-state index contributed by atoms with van der Waals surface area (Å²) in [4.78, 5) is 25.0. The molecule has 0 radical (unpaired) electrons. The highest BCUT2D eigenvalue weighted by Gasteiger charge is 2.23. The molecule has 0 N–H and O–H groups in total. The zero-order valence-electron chi connectivity index (χ0n) is 9.46. The van der Waals surface area contributed by atoms with Crippen molar-refractivity contribution in [1.29, 1.82) is 0 Å². The first-order valence-electron chi connectivity index (χ1n) is 5.43. The fourth-order valence-electron chi connectivity index (χ4n) is 1.97. The summed E-state index contributed by atoms with van der Waals surface area (Å²) >= 11 is 1.59. The van der Waals surface area contributed by atoms with Crippen LogP contribution < -0.4 is 4.90 Å². The lowest BCUT2D eigenvalue weighted by Gasteiger charge is -2.32. The highest BCUT2D eigenvalue weighted by atomic mass is 32.1. The van der Waals surface area contributed by atoms with Gasteiger partial charge in [0.2, 0.25) is 5.91 Å². The van der Waals surface area contributed by atoms with Crippen molar-refractivity contribution in [3.63, 3.8) is 0 Å². The van der Waals surface area contributed by atoms with Crippen LogP contribution in [0.3, 0.4) is 0 Å². The molecule has 3 heterocycles. The second-order valence-corrected chi connectivity index (χ2v) is 4.97. The van der Waals surface area contributed by atoms with Gasteiger partial charge >= 0.3 is 0 Å². The summed E-state index contributed by atoms with van der Waals surface area (Å²) in [7, 11) is 1.83. The number of carbonyl (C=O) groups excluding carboxylic acids is 1. The zero-order valence-corrected chi connectivity index (χ0v) is 10.3. The lowest BCUT2D eigenvalue weighted by atomic mass is 10.3. The van der Waals surface area contributed by atoms with Crippen molar-refractivity contribution in [1.82, 2.24) is 14.9 Å². The number of anilines is 1. The number of hydrogen-bond donors (Lipinski definition) is 0. The van der Waals surface area contributed by atoms with Crippen LogP contribution in [0, 0.1) is 0 Å². The Morgan fingerprint density at radius 1 is 1.35 bits per heavy atom. The summed E-state index contributed by atoms with van der Waals surface area (Å²) in [6.45, 7) is 1.97. The second kappa shape index (κ2) is 3.96. The van der Waals surface area contributed by atoms with E-state index in [4.69, 9.17) is 0 Å². The van der Waals surface area contributed by atoms with Crippen LogP contribution in [0.25, 0.3) is 10.2 Å². The van der Waals surface area contributed by atoms with Crippen molar-refractivity contribution < 1.29 is 4.79 Å². The standard InChI is InChI=1S/C11H12N4OS/c1-14-3-4-15(6-9(14)16)10-8-2-5-17-11(8)13-7-12-10/h2,5,7H,3-4,6H2,1H3. The molecule has 1 aliphatic heterocycles.